The number of nitrogens with one attached hydrogen (secondary N) is 1. The first-order valence-electron chi connectivity index (χ1n) is 4.82. The van der Waals surface area contributed by atoms with Crippen LogP contribution in [0.5, 0.6) is 0 Å². The summed E-state index contributed by atoms with van der Waals surface area (Å²) >= 11 is 1.70. The van der Waals surface area contributed by atoms with Crippen LogP contribution >= 0.6 is 11.3 Å². The van der Waals surface area contributed by atoms with Crippen molar-refractivity contribution in [2.45, 2.75) is 13.5 Å². The molecule has 0 aliphatic rings. The molecule has 1 N–H and O–H groups in total. The fourth-order valence-electron chi connectivity index (χ4n) is 1.42. The van der Waals surface area contributed by atoms with Gasteiger partial charge in [0, 0.05) is 5.69 Å². The second kappa shape index (κ2) is 4.51. The number of rotatable bonds is 3. The SMILES string of the molecule is CNCc1nc(C)cc(-c2cccs2)n1. The number of hydrogen-bond donors (Lipinski definition) is 1. The third-order valence-corrected chi connectivity index (χ3v) is 2.90. The van der Waals surface area contributed by atoms with E-state index in [1.54, 1.807) is 11.3 Å². The van der Waals surface area contributed by atoms with Crippen molar-refractivity contribution in [1.29, 1.82) is 0 Å². The van der Waals surface area contributed by atoms with Gasteiger partial charge in [-0.05, 0) is 31.5 Å². The van der Waals surface area contributed by atoms with Crippen molar-refractivity contribution in [3.63, 3.8) is 0 Å². The zero-order chi connectivity index (χ0) is 10.7. The second-order valence-corrected chi connectivity index (χ2v) is 4.27. The molecule has 0 aromatic carbocycles. The summed E-state index contributed by atoms with van der Waals surface area (Å²) in [5.41, 5.74) is 2.03. The van der Waals surface area contributed by atoms with Crippen LogP contribution in [0.1, 0.15) is 11.5 Å². The summed E-state index contributed by atoms with van der Waals surface area (Å²) in [6.07, 6.45) is 0. The van der Waals surface area contributed by atoms with Crippen LogP contribution in [0.4, 0.5) is 0 Å². The molecule has 0 bridgehead atoms. The van der Waals surface area contributed by atoms with Gasteiger partial charge in [-0.1, -0.05) is 6.07 Å². The van der Waals surface area contributed by atoms with Gasteiger partial charge in [-0.15, -0.1) is 11.3 Å². The van der Waals surface area contributed by atoms with Crippen LogP contribution in [0.15, 0.2) is 23.6 Å². The molecule has 78 valence electrons. The standard InChI is InChI=1S/C11H13N3S/c1-8-6-9(10-4-3-5-15-10)14-11(13-8)7-12-2/h3-6,12H,7H2,1-2H3. The molecule has 15 heavy (non-hydrogen) atoms. The highest BCUT2D eigenvalue weighted by Gasteiger charge is 2.04. The predicted octanol–water partition coefficient (Wildman–Crippen LogP) is 2.23. The molecule has 2 aromatic heterocycles. The van der Waals surface area contributed by atoms with Crippen LogP contribution in [0.3, 0.4) is 0 Å². The van der Waals surface area contributed by atoms with Gasteiger partial charge in [0.25, 0.3) is 0 Å². The Kier molecular flexibility index (Phi) is 3.08. The lowest BCUT2D eigenvalue weighted by Crippen LogP contribution is -2.10. The number of hydrogen-bond acceptors (Lipinski definition) is 4. The van der Waals surface area contributed by atoms with Crippen LogP contribution in [-0.2, 0) is 6.54 Å². The average molecular weight is 219 g/mol. The Labute approximate surface area is 93.2 Å². The average Bonchev–Trinajstić information content (AvgIpc) is 2.70. The van der Waals surface area contributed by atoms with E-state index < -0.39 is 0 Å². The van der Waals surface area contributed by atoms with E-state index in [1.807, 2.05) is 26.1 Å². The first kappa shape index (κ1) is 10.3. The lowest BCUT2D eigenvalue weighted by molar-refractivity contribution is 0.754. The van der Waals surface area contributed by atoms with Gasteiger partial charge in [0.05, 0.1) is 17.1 Å². The molecular weight excluding hydrogens is 206 g/mol. The lowest BCUT2D eigenvalue weighted by Gasteiger charge is -2.03. The predicted molar refractivity (Wildman–Crippen MR) is 62.8 cm³/mol. The monoisotopic (exact) mass is 219 g/mol. The Hall–Kier alpha value is -1.26. The van der Waals surface area contributed by atoms with Gasteiger partial charge in [-0.2, -0.15) is 0 Å². The highest BCUT2D eigenvalue weighted by atomic mass is 32.1. The van der Waals surface area contributed by atoms with E-state index in [0.717, 1.165) is 17.2 Å². The van der Waals surface area contributed by atoms with Crippen LogP contribution in [0, 0.1) is 6.92 Å². The normalized spacial score (nSPS) is 10.5. The Bertz CT molecular complexity index is 437. The fourth-order valence-corrected chi connectivity index (χ4v) is 2.10. The van der Waals surface area contributed by atoms with Gasteiger partial charge in [-0.25, -0.2) is 9.97 Å². The van der Waals surface area contributed by atoms with E-state index >= 15 is 0 Å². The zero-order valence-corrected chi connectivity index (χ0v) is 9.64. The topological polar surface area (TPSA) is 37.8 Å². The molecule has 0 fully saturated rings. The van der Waals surface area contributed by atoms with Gasteiger partial charge < -0.3 is 5.32 Å². The molecule has 0 spiro atoms. The van der Waals surface area contributed by atoms with E-state index in [4.69, 9.17) is 0 Å². The quantitative estimate of drug-likeness (QED) is 0.860. The first-order valence-corrected chi connectivity index (χ1v) is 5.70. The van der Waals surface area contributed by atoms with Crippen molar-refractivity contribution < 1.29 is 0 Å². The second-order valence-electron chi connectivity index (χ2n) is 3.32. The highest BCUT2D eigenvalue weighted by molar-refractivity contribution is 7.13. The van der Waals surface area contributed by atoms with Gasteiger partial charge in [0.2, 0.25) is 0 Å². The van der Waals surface area contributed by atoms with Gasteiger partial charge >= 0.3 is 0 Å². The van der Waals surface area contributed by atoms with Crippen LogP contribution in [0.25, 0.3) is 10.6 Å². The molecule has 2 aromatic rings. The summed E-state index contributed by atoms with van der Waals surface area (Å²) in [5.74, 6) is 0.848. The van der Waals surface area contributed by atoms with Crippen LogP contribution in [-0.4, -0.2) is 17.0 Å². The molecule has 0 radical (unpaired) electrons. The summed E-state index contributed by atoms with van der Waals surface area (Å²) in [5, 5.41) is 5.12. The van der Waals surface area contributed by atoms with Crippen molar-refractivity contribution in [3.8, 4) is 10.6 Å². The maximum Gasteiger partial charge on any atom is 0.143 e. The molecule has 2 heterocycles. The molecule has 3 nitrogen and oxygen atoms in total. The maximum atomic E-state index is 4.50. The van der Waals surface area contributed by atoms with E-state index in [9.17, 15) is 0 Å². The molecule has 0 atom stereocenters. The van der Waals surface area contributed by atoms with Crippen molar-refractivity contribution in [1.82, 2.24) is 15.3 Å². The van der Waals surface area contributed by atoms with Gasteiger partial charge in [0.1, 0.15) is 5.82 Å². The summed E-state index contributed by atoms with van der Waals surface area (Å²) < 4.78 is 0. The maximum absolute atomic E-state index is 4.50. The lowest BCUT2D eigenvalue weighted by atomic mass is 10.3. The molecule has 0 unspecified atom stereocenters. The molecule has 0 amide bonds. The number of thiophene rings is 1. The zero-order valence-electron chi connectivity index (χ0n) is 8.82. The van der Waals surface area contributed by atoms with E-state index in [2.05, 4.69) is 26.7 Å². The van der Waals surface area contributed by atoms with E-state index in [-0.39, 0.29) is 0 Å². The minimum atomic E-state index is 0.708. The summed E-state index contributed by atoms with van der Waals surface area (Å²) in [7, 11) is 1.90. The summed E-state index contributed by atoms with van der Waals surface area (Å²) in [4.78, 5) is 10.1. The minimum absolute atomic E-state index is 0.708. The first-order chi connectivity index (χ1) is 7.29. The van der Waals surface area contributed by atoms with E-state index in [0.29, 0.717) is 6.54 Å². The third kappa shape index (κ3) is 2.40. The van der Waals surface area contributed by atoms with Crippen LogP contribution in [0.2, 0.25) is 0 Å². The molecule has 2 rings (SSSR count). The van der Waals surface area contributed by atoms with Crippen molar-refractivity contribution in [2.24, 2.45) is 0 Å². The molecule has 0 saturated carbocycles. The smallest absolute Gasteiger partial charge is 0.143 e. The summed E-state index contributed by atoms with van der Waals surface area (Å²) in [6.45, 7) is 2.71. The summed E-state index contributed by atoms with van der Waals surface area (Å²) in [6, 6.07) is 6.13. The fraction of sp³-hybridized carbons (Fsp3) is 0.273. The number of aromatic nitrogens is 2. The van der Waals surface area contributed by atoms with Gasteiger partial charge in [-0.3, -0.25) is 0 Å². The molecule has 0 aliphatic carbocycles. The van der Waals surface area contributed by atoms with Crippen molar-refractivity contribution in [2.75, 3.05) is 7.05 Å². The van der Waals surface area contributed by atoms with Crippen LogP contribution < -0.4 is 5.32 Å². The van der Waals surface area contributed by atoms with Crippen molar-refractivity contribution in [3.05, 3.63) is 35.1 Å². The molecule has 0 saturated heterocycles. The van der Waals surface area contributed by atoms with E-state index in [1.165, 1.54) is 4.88 Å². The number of nitrogens with zero attached hydrogens (tertiary/aromatic N) is 2. The molecule has 4 heteroatoms. The Morgan fingerprint density at radius 2 is 2.27 bits per heavy atom. The molecular formula is C11H13N3S. The van der Waals surface area contributed by atoms with Crippen molar-refractivity contribution >= 4 is 11.3 Å². The highest BCUT2D eigenvalue weighted by Crippen LogP contribution is 2.22. The Balaban J connectivity index is 2.40. The third-order valence-electron chi connectivity index (χ3n) is 2.01. The Morgan fingerprint density at radius 3 is 2.93 bits per heavy atom. The Morgan fingerprint density at radius 1 is 1.40 bits per heavy atom. The number of aryl methyl sites for hydroxylation is 1. The largest absolute Gasteiger partial charge is 0.313 e. The molecule has 0 aliphatic heterocycles. The van der Waals surface area contributed by atoms with Gasteiger partial charge in [0.15, 0.2) is 0 Å². The minimum Gasteiger partial charge on any atom is -0.313 e.